The lowest BCUT2D eigenvalue weighted by Crippen LogP contribution is -2.59. The molecule has 2 aliphatic heterocycles. The van der Waals surface area contributed by atoms with E-state index in [1.54, 1.807) is 11.0 Å². The van der Waals surface area contributed by atoms with E-state index in [-0.39, 0.29) is 18.2 Å². The molecule has 0 aliphatic carbocycles. The highest BCUT2D eigenvalue weighted by Gasteiger charge is 2.49. The van der Waals surface area contributed by atoms with Crippen molar-refractivity contribution in [1.29, 1.82) is 0 Å². The van der Waals surface area contributed by atoms with Gasteiger partial charge in [-0.05, 0) is 40.6 Å². The first-order valence-corrected chi connectivity index (χ1v) is 7.03. The third kappa shape index (κ3) is 1.85. The van der Waals surface area contributed by atoms with Gasteiger partial charge in [0.1, 0.15) is 0 Å². The summed E-state index contributed by atoms with van der Waals surface area (Å²) in [4.78, 5) is 37.3. The van der Waals surface area contributed by atoms with Crippen LogP contribution >= 0.6 is 22.6 Å². The van der Waals surface area contributed by atoms with Gasteiger partial charge in [-0.1, -0.05) is 18.2 Å². The van der Waals surface area contributed by atoms with E-state index in [0.717, 1.165) is 5.56 Å². The number of piperidine rings is 1. The maximum Gasteiger partial charge on any atom is 0.262 e. The van der Waals surface area contributed by atoms with Crippen molar-refractivity contribution in [3.05, 3.63) is 35.4 Å². The fourth-order valence-corrected chi connectivity index (χ4v) is 3.27. The van der Waals surface area contributed by atoms with E-state index in [2.05, 4.69) is 5.32 Å². The first-order chi connectivity index (χ1) is 9.02. The molecular weight excluding hydrogens is 359 g/mol. The number of alkyl halides is 1. The van der Waals surface area contributed by atoms with Crippen LogP contribution in [0.25, 0.3) is 0 Å². The second-order valence-electron chi connectivity index (χ2n) is 4.69. The number of hydrogen-bond acceptors (Lipinski definition) is 3. The molecule has 0 saturated carbocycles. The van der Waals surface area contributed by atoms with E-state index in [4.69, 9.17) is 0 Å². The summed E-state index contributed by atoms with van der Waals surface area (Å²) in [5.74, 6) is -0.818. The Kier molecular flexibility index (Phi) is 2.84. The van der Waals surface area contributed by atoms with E-state index in [9.17, 15) is 14.4 Å². The molecule has 0 spiro atoms. The van der Waals surface area contributed by atoms with Gasteiger partial charge in [0.25, 0.3) is 11.8 Å². The van der Waals surface area contributed by atoms with Crippen LogP contribution in [0.1, 0.15) is 28.8 Å². The van der Waals surface area contributed by atoms with Crippen LogP contribution in [0.5, 0.6) is 0 Å². The molecule has 3 rings (SSSR count). The molecule has 1 fully saturated rings. The second kappa shape index (κ2) is 4.29. The number of amides is 3. The maximum atomic E-state index is 12.4. The van der Waals surface area contributed by atoms with Crippen LogP contribution in [0.2, 0.25) is 0 Å². The molecule has 0 radical (unpaired) electrons. The average molecular weight is 370 g/mol. The van der Waals surface area contributed by atoms with Gasteiger partial charge >= 0.3 is 0 Å². The summed E-state index contributed by atoms with van der Waals surface area (Å²) < 4.78 is -0.970. The lowest BCUT2D eigenvalue weighted by atomic mass is 10.0. The molecule has 2 aliphatic rings. The smallest absolute Gasteiger partial charge is 0.262 e. The summed E-state index contributed by atoms with van der Waals surface area (Å²) in [6, 6.07) is 7.34. The van der Waals surface area contributed by atoms with E-state index in [0.29, 0.717) is 18.5 Å². The molecule has 1 saturated heterocycles. The Hall–Kier alpha value is -1.44. The van der Waals surface area contributed by atoms with Crippen molar-refractivity contribution >= 4 is 40.3 Å². The van der Waals surface area contributed by atoms with Crippen molar-refractivity contribution < 1.29 is 14.4 Å². The molecule has 2 heterocycles. The predicted octanol–water partition coefficient (Wildman–Crippen LogP) is 1.21. The Labute approximate surface area is 123 Å². The van der Waals surface area contributed by atoms with Crippen LogP contribution in [-0.4, -0.2) is 26.2 Å². The van der Waals surface area contributed by atoms with Crippen LogP contribution in [0.3, 0.4) is 0 Å². The number of nitrogens with zero attached hydrogens (tertiary/aromatic N) is 1. The topological polar surface area (TPSA) is 66.5 Å². The Balaban J connectivity index is 1.95. The Morgan fingerprint density at radius 1 is 1.21 bits per heavy atom. The first kappa shape index (κ1) is 12.6. The van der Waals surface area contributed by atoms with E-state index in [1.165, 1.54) is 0 Å². The zero-order valence-electron chi connectivity index (χ0n) is 9.98. The van der Waals surface area contributed by atoms with Gasteiger partial charge in [0, 0.05) is 18.5 Å². The zero-order chi connectivity index (χ0) is 13.6. The fourth-order valence-electron chi connectivity index (χ4n) is 2.48. The molecule has 5 nitrogen and oxygen atoms in total. The number of halogens is 1. The maximum absolute atomic E-state index is 12.4. The van der Waals surface area contributed by atoms with Crippen LogP contribution in [0.4, 0.5) is 0 Å². The minimum Gasteiger partial charge on any atom is -0.311 e. The molecule has 1 aromatic rings. The minimum absolute atomic E-state index is 0.144. The summed E-state index contributed by atoms with van der Waals surface area (Å²) in [5.41, 5.74) is 1.57. The van der Waals surface area contributed by atoms with Crippen molar-refractivity contribution in [1.82, 2.24) is 10.2 Å². The number of imide groups is 1. The number of benzene rings is 1. The van der Waals surface area contributed by atoms with Crippen molar-refractivity contribution in [3.63, 3.8) is 0 Å². The molecule has 0 aromatic heterocycles. The largest absolute Gasteiger partial charge is 0.311 e. The summed E-state index contributed by atoms with van der Waals surface area (Å²) in [5, 5.41) is 2.31. The van der Waals surface area contributed by atoms with Gasteiger partial charge in [-0.3, -0.25) is 19.7 Å². The van der Waals surface area contributed by atoms with Gasteiger partial charge in [-0.25, -0.2) is 0 Å². The third-order valence-electron chi connectivity index (χ3n) is 3.53. The second-order valence-corrected chi connectivity index (χ2v) is 6.47. The number of rotatable bonds is 1. The van der Waals surface area contributed by atoms with Crippen molar-refractivity contribution in [2.75, 3.05) is 0 Å². The number of nitrogens with one attached hydrogen (secondary N) is 1. The molecule has 0 bridgehead atoms. The molecule has 1 aromatic carbocycles. The fraction of sp³-hybridized carbons (Fsp3) is 0.308. The molecule has 98 valence electrons. The van der Waals surface area contributed by atoms with Crippen molar-refractivity contribution in [3.8, 4) is 0 Å². The van der Waals surface area contributed by atoms with E-state index < -0.39 is 9.45 Å². The monoisotopic (exact) mass is 370 g/mol. The third-order valence-corrected chi connectivity index (χ3v) is 5.15. The molecular formula is C13H11IN2O3. The number of hydrogen-bond donors (Lipinski definition) is 1. The zero-order valence-corrected chi connectivity index (χ0v) is 12.1. The first-order valence-electron chi connectivity index (χ1n) is 5.95. The van der Waals surface area contributed by atoms with Crippen LogP contribution in [0.15, 0.2) is 24.3 Å². The average Bonchev–Trinajstić information content (AvgIpc) is 2.73. The van der Waals surface area contributed by atoms with Gasteiger partial charge in [-0.2, -0.15) is 0 Å². The highest BCUT2D eigenvalue weighted by atomic mass is 127. The summed E-state index contributed by atoms with van der Waals surface area (Å²) in [6.45, 7) is 0.416. The van der Waals surface area contributed by atoms with Crippen LogP contribution in [-0.2, 0) is 16.1 Å². The number of fused-ring (bicyclic) bond motifs is 1. The number of carbonyl (C=O) groups is 3. The summed E-state index contributed by atoms with van der Waals surface area (Å²) in [6.07, 6.45) is 0.618. The van der Waals surface area contributed by atoms with Crippen molar-refractivity contribution in [2.24, 2.45) is 0 Å². The molecule has 6 heteroatoms. The van der Waals surface area contributed by atoms with Gasteiger partial charge < -0.3 is 4.90 Å². The van der Waals surface area contributed by atoms with Crippen LogP contribution < -0.4 is 5.32 Å². The quantitative estimate of drug-likeness (QED) is 0.350. The minimum atomic E-state index is -0.970. The highest BCUT2D eigenvalue weighted by Crippen LogP contribution is 2.38. The Morgan fingerprint density at radius 2 is 1.95 bits per heavy atom. The van der Waals surface area contributed by atoms with Crippen molar-refractivity contribution in [2.45, 2.75) is 22.9 Å². The van der Waals surface area contributed by atoms with Gasteiger partial charge in [0.05, 0.1) is 0 Å². The van der Waals surface area contributed by atoms with Gasteiger partial charge in [0.15, 0.2) is 3.55 Å². The molecule has 3 amide bonds. The molecule has 19 heavy (non-hydrogen) atoms. The predicted molar refractivity (Wildman–Crippen MR) is 75.5 cm³/mol. The number of carbonyl (C=O) groups excluding carboxylic acids is 3. The molecule has 1 unspecified atom stereocenters. The summed E-state index contributed by atoms with van der Waals surface area (Å²) in [7, 11) is 0. The van der Waals surface area contributed by atoms with Gasteiger partial charge in [-0.15, -0.1) is 0 Å². The SMILES string of the molecule is O=C1CCC(I)(N2Cc3ccccc3C2=O)C(=O)N1. The Bertz CT molecular complexity index is 601. The lowest BCUT2D eigenvalue weighted by molar-refractivity contribution is -0.137. The Morgan fingerprint density at radius 3 is 2.63 bits per heavy atom. The van der Waals surface area contributed by atoms with Gasteiger partial charge in [0.2, 0.25) is 5.91 Å². The van der Waals surface area contributed by atoms with Crippen LogP contribution in [0, 0.1) is 0 Å². The summed E-state index contributed by atoms with van der Waals surface area (Å²) >= 11 is 1.98. The highest BCUT2D eigenvalue weighted by molar-refractivity contribution is 14.1. The van der Waals surface area contributed by atoms with E-state index in [1.807, 2.05) is 40.8 Å². The lowest BCUT2D eigenvalue weighted by Gasteiger charge is -2.37. The normalized spacial score (nSPS) is 26.4. The van der Waals surface area contributed by atoms with E-state index >= 15 is 0 Å². The standard InChI is InChI=1S/C13H11IN2O3/c14-13(6-5-10(17)15-12(13)19)16-7-8-3-1-2-4-9(8)11(16)18/h1-4H,5-7H2,(H,15,17,19). The molecule has 1 atom stereocenters. The molecule has 1 N–H and O–H groups in total.